The number of allylic oxidation sites excluding steroid dienone is 13. The van der Waals surface area contributed by atoms with Crippen molar-refractivity contribution in [3.05, 3.63) is 84.6 Å². The lowest BCUT2D eigenvalue weighted by Gasteiger charge is -1.92. The predicted molar refractivity (Wildman–Crippen MR) is 114 cm³/mol. The number of aliphatic carboxylic acids is 1. The van der Waals surface area contributed by atoms with Crippen LogP contribution in [0.25, 0.3) is 0 Å². The van der Waals surface area contributed by atoms with Crippen molar-refractivity contribution in [2.24, 2.45) is 0 Å². The highest BCUT2D eigenvalue weighted by atomic mass is 16.4. The lowest BCUT2D eigenvalue weighted by molar-refractivity contribution is -0.132. The smallest absolute Gasteiger partial charge is 0.331 e. The van der Waals surface area contributed by atoms with Crippen molar-refractivity contribution in [1.29, 1.82) is 0 Å². The average molecular weight is 355 g/mol. The maximum atomic E-state index is 10.8. The van der Waals surface area contributed by atoms with E-state index in [1.54, 1.807) is 6.08 Å². The first-order chi connectivity index (χ1) is 12.7. The molecule has 0 spiro atoms. The van der Waals surface area contributed by atoms with Crippen LogP contribution in [-0.2, 0) is 4.79 Å². The highest BCUT2D eigenvalue weighted by molar-refractivity contribution is 5.86. The molecule has 0 unspecified atom stereocenters. The van der Waals surface area contributed by atoms with E-state index < -0.39 is 5.97 Å². The van der Waals surface area contributed by atoms with E-state index in [-0.39, 0.29) is 0 Å². The Morgan fingerprint density at radius 2 is 1.04 bits per heavy atom. The van der Waals surface area contributed by atoms with Gasteiger partial charge in [0, 0.05) is 5.57 Å². The van der Waals surface area contributed by atoms with E-state index in [9.17, 15) is 4.79 Å². The van der Waals surface area contributed by atoms with Crippen LogP contribution in [0.2, 0.25) is 0 Å². The Morgan fingerprint density at radius 1 is 0.654 bits per heavy atom. The fourth-order valence-corrected chi connectivity index (χ4v) is 2.03. The van der Waals surface area contributed by atoms with Crippen LogP contribution in [0.3, 0.4) is 0 Å². The molecule has 0 aliphatic heterocycles. The van der Waals surface area contributed by atoms with Crippen LogP contribution in [0, 0.1) is 0 Å². The fourth-order valence-electron chi connectivity index (χ4n) is 2.03. The zero-order valence-corrected chi connectivity index (χ0v) is 16.3. The van der Waals surface area contributed by atoms with Gasteiger partial charge in [-0.25, -0.2) is 4.79 Å². The standard InChI is InChI=1S/C24H34O2/c1-3-5-6-7-8-9-10-11-12-13-14-15-16-17-18-19-20-21-22-23(4-2)24(25)26/h5-6,8-9,11-12,14-15,17-18,20-22H,3-4,7,10,13,16,19H2,1-2H3,(H,25,26)/b6-5+,9-8+,12-11+,15-14+,18-17+,21-20+,23-22+. The summed E-state index contributed by atoms with van der Waals surface area (Å²) in [5, 5.41) is 8.88. The van der Waals surface area contributed by atoms with E-state index in [4.69, 9.17) is 5.11 Å². The van der Waals surface area contributed by atoms with E-state index in [0.717, 1.165) is 38.5 Å². The Morgan fingerprint density at radius 3 is 1.38 bits per heavy atom. The molecule has 0 amide bonds. The minimum Gasteiger partial charge on any atom is -0.478 e. The summed E-state index contributed by atoms with van der Waals surface area (Å²) in [5.41, 5.74) is 0.435. The molecule has 1 N–H and O–H groups in total. The van der Waals surface area contributed by atoms with Gasteiger partial charge in [-0.3, -0.25) is 0 Å². The first kappa shape index (κ1) is 23.6. The monoisotopic (exact) mass is 354 g/mol. The summed E-state index contributed by atoms with van der Waals surface area (Å²) < 4.78 is 0. The molecule has 0 saturated heterocycles. The number of carboxylic acid groups (broad SMARTS) is 1. The number of carboxylic acids is 1. The quantitative estimate of drug-likeness (QED) is 0.205. The molecule has 142 valence electrons. The zero-order valence-electron chi connectivity index (χ0n) is 16.3. The second-order valence-corrected chi connectivity index (χ2v) is 5.72. The van der Waals surface area contributed by atoms with Gasteiger partial charge < -0.3 is 5.11 Å². The molecule has 0 fully saturated rings. The SMILES string of the molecule is CC/C=C/C/C=C/C/C=C/C/C=C/C/C=C/C/C=C/C=C(\CC)C(=O)O. The average Bonchev–Trinajstić information content (AvgIpc) is 2.63. The normalized spacial score (nSPS) is 13.7. The van der Waals surface area contributed by atoms with Crippen LogP contribution < -0.4 is 0 Å². The summed E-state index contributed by atoms with van der Waals surface area (Å²) in [6.07, 6.45) is 33.6. The summed E-state index contributed by atoms with van der Waals surface area (Å²) in [5.74, 6) is -0.841. The molecular formula is C24H34O2. The van der Waals surface area contributed by atoms with Crippen LogP contribution in [0.4, 0.5) is 0 Å². The van der Waals surface area contributed by atoms with Crippen molar-refractivity contribution >= 4 is 5.97 Å². The molecule has 2 nitrogen and oxygen atoms in total. The van der Waals surface area contributed by atoms with E-state index in [1.165, 1.54) is 0 Å². The van der Waals surface area contributed by atoms with Crippen molar-refractivity contribution in [3.8, 4) is 0 Å². The minimum atomic E-state index is -0.841. The van der Waals surface area contributed by atoms with Gasteiger partial charge in [-0.1, -0.05) is 92.8 Å². The Hall–Kier alpha value is -2.35. The molecule has 0 aromatic heterocycles. The third-order valence-corrected chi connectivity index (χ3v) is 3.52. The minimum absolute atomic E-state index is 0.435. The molecule has 0 saturated carbocycles. The molecule has 0 aromatic carbocycles. The van der Waals surface area contributed by atoms with Crippen LogP contribution >= 0.6 is 0 Å². The molecule has 0 aliphatic rings. The first-order valence-electron chi connectivity index (χ1n) is 9.56. The van der Waals surface area contributed by atoms with Crippen LogP contribution in [0.5, 0.6) is 0 Å². The van der Waals surface area contributed by atoms with Gasteiger partial charge >= 0.3 is 5.97 Å². The summed E-state index contributed by atoms with van der Waals surface area (Å²) in [6.45, 7) is 3.99. The molecule has 0 rings (SSSR count). The Balaban J connectivity index is 3.74. The number of hydrogen-bond donors (Lipinski definition) is 1. The number of carbonyl (C=O) groups is 1. The van der Waals surface area contributed by atoms with Gasteiger partial charge in [0.2, 0.25) is 0 Å². The van der Waals surface area contributed by atoms with Crippen LogP contribution in [0.1, 0.15) is 58.8 Å². The topological polar surface area (TPSA) is 37.3 Å². The van der Waals surface area contributed by atoms with Crippen LogP contribution in [-0.4, -0.2) is 11.1 Å². The fraction of sp³-hybridized carbons (Fsp3) is 0.375. The summed E-state index contributed by atoms with van der Waals surface area (Å²) in [4.78, 5) is 10.8. The predicted octanol–water partition coefficient (Wildman–Crippen LogP) is 7.11. The van der Waals surface area contributed by atoms with Crippen molar-refractivity contribution in [2.75, 3.05) is 0 Å². The maximum Gasteiger partial charge on any atom is 0.331 e. The highest BCUT2D eigenvalue weighted by Gasteiger charge is 2.00. The van der Waals surface area contributed by atoms with E-state index in [1.807, 2.05) is 19.1 Å². The third-order valence-electron chi connectivity index (χ3n) is 3.52. The number of rotatable bonds is 14. The summed E-state index contributed by atoms with van der Waals surface area (Å²) in [6, 6.07) is 0. The lowest BCUT2D eigenvalue weighted by Crippen LogP contribution is -1.97. The van der Waals surface area contributed by atoms with E-state index in [0.29, 0.717) is 12.0 Å². The van der Waals surface area contributed by atoms with E-state index in [2.05, 4.69) is 67.7 Å². The Bertz CT molecular complexity index is 555. The molecule has 0 bridgehead atoms. The van der Waals surface area contributed by atoms with Crippen LogP contribution in [0.15, 0.2) is 84.6 Å². The lowest BCUT2D eigenvalue weighted by atomic mass is 10.2. The van der Waals surface area contributed by atoms with Gasteiger partial charge in [0.05, 0.1) is 0 Å². The second-order valence-electron chi connectivity index (χ2n) is 5.72. The van der Waals surface area contributed by atoms with E-state index >= 15 is 0 Å². The van der Waals surface area contributed by atoms with Gasteiger partial charge in [-0.05, 0) is 44.9 Å². The van der Waals surface area contributed by atoms with Gasteiger partial charge in [0.15, 0.2) is 0 Å². The zero-order chi connectivity index (χ0) is 19.3. The van der Waals surface area contributed by atoms with Crippen molar-refractivity contribution < 1.29 is 9.90 Å². The summed E-state index contributed by atoms with van der Waals surface area (Å²) >= 11 is 0. The molecule has 0 heterocycles. The van der Waals surface area contributed by atoms with Gasteiger partial charge in [-0.2, -0.15) is 0 Å². The molecule has 0 atom stereocenters. The summed E-state index contributed by atoms with van der Waals surface area (Å²) in [7, 11) is 0. The molecule has 0 aliphatic carbocycles. The largest absolute Gasteiger partial charge is 0.478 e. The highest BCUT2D eigenvalue weighted by Crippen LogP contribution is 2.01. The van der Waals surface area contributed by atoms with Crippen molar-refractivity contribution in [3.63, 3.8) is 0 Å². The molecule has 26 heavy (non-hydrogen) atoms. The van der Waals surface area contributed by atoms with Gasteiger partial charge in [0.1, 0.15) is 0 Å². The molecular weight excluding hydrogens is 320 g/mol. The molecule has 2 heteroatoms. The third kappa shape index (κ3) is 16.5. The van der Waals surface area contributed by atoms with Gasteiger partial charge in [-0.15, -0.1) is 0 Å². The maximum absolute atomic E-state index is 10.8. The van der Waals surface area contributed by atoms with Crippen molar-refractivity contribution in [1.82, 2.24) is 0 Å². The second kappa shape index (κ2) is 19.0. The molecule has 0 radical (unpaired) electrons. The number of hydrogen-bond acceptors (Lipinski definition) is 1. The Labute approximate surface area is 159 Å². The first-order valence-corrected chi connectivity index (χ1v) is 9.56. The Kier molecular flexibility index (Phi) is 17.3. The van der Waals surface area contributed by atoms with Crippen molar-refractivity contribution in [2.45, 2.75) is 58.8 Å². The molecule has 0 aromatic rings. The van der Waals surface area contributed by atoms with Gasteiger partial charge in [0.25, 0.3) is 0 Å².